The van der Waals surface area contributed by atoms with E-state index in [1.54, 1.807) is 32.9 Å². The van der Waals surface area contributed by atoms with Crippen LogP contribution in [0.5, 0.6) is 5.75 Å². The molecule has 3 atom stereocenters. The molecule has 0 radical (unpaired) electrons. The number of carboxylic acid groups (broad SMARTS) is 1. The van der Waals surface area contributed by atoms with E-state index in [0.717, 1.165) is 4.47 Å². The molecule has 0 aliphatic heterocycles. The fourth-order valence-electron chi connectivity index (χ4n) is 1.45. The molecule has 0 aromatic heterocycles. The molecule has 1 aromatic carbocycles. The Hall–Kier alpha value is -1.56. The minimum Gasteiger partial charge on any atom is -0.481 e. The van der Waals surface area contributed by atoms with Crippen molar-refractivity contribution in [2.24, 2.45) is 5.92 Å². The number of halogens is 1. The van der Waals surface area contributed by atoms with Gasteiger partial charge in [-0.2, -0.15) is 0 Å². The predicted molar refractivity (Wildman–Crippen MR) is 78.6 cm³/mol. The van der Waals surface area contributed by atoms with Crippen molar-refractivity contribution < 1.29 is 19.4 Å². The van der Waals surface area contributed by atoms with Crippen molar-refractivity contribution in [1.82, 2.24) is 5.32 Å². The highest BCUT2D eigenvalue weighted by molar-refractivity contribution is 9.10. The summed E-state index contributed by atoms with van der Waals surface area (Å²) in [5.41, 5.74) is 0. The SMILES string of the molecule is CC(Oc1ccc(Br)cc1)C(=O)NC(C)C(C)C(=O)O. The van der Waals surface area contributed by atoms with E-state index >= 15 is 0 Å². The smallest absolute Gasteiger partial charge is 0.308 e. The van der Waals surface area contributed by atoms with Gasteiger partial charge >= 0.3 is 5.97 Å². The number of hydrogen-bond donors (Lipinski definition) is 2. The lowest BCUT2D eigenvalue weighted by Crippen LogP contribution is -2.45. The fraction of sp³-hybridized carbons (Fsp3) is 0.429. The van der Waals surface area contributed by atoms with Gasteiger partial charge in [-0.15, -0.1) is 0 Å². The monoisotopic (exact) mass is 343 g/mol. The second kappa shape index (κ2) is 7.28. The Morgan fingerprint density at radius 2 is 1.75 bits per heavy atom. The third-order valence-corrected chi connectivity index (χ3v) is 3.53. The van der Waals surface area contributed by atoms with Crippen LogP contribution in [0.3, 0.4) is 0 Å². The van der Waals surface area contributed by atoms with Crippen molar-refractivity contribution in [1.29, 1.82) is 0 Å². The molecule has 0 aliphatic rings. The Labute approximate surface area is 126 Å². The molecular formula is C14H18BrNO4. The first-order chi connectivity index (χ1) is 9.31. The van der Waals surface area contributed by atoms with Crippen molar-refractivity contribution in [2.45, 2.75) is 32.9 Å². The van der Waals surface area contributed by atoms with Gasteiger partial charge in [-0.05, 0) is 45.0 Å². The molecule has 0 spiro atoms. The van der Waals surface area contributed by atoms with Crippen LogP contribution >= 0.6 is 15.9 Å². The summed E-state index contributed by atoms with van der Waals surface area (Å²) in [6.45, 7) is 4.83. The first kappa shape index (κ1) is 16.5. The van der Waals surface area contributed by atoms with E-state index in [0.29, 0.717) is 5.75 Å². The number of hydrogen-bond acceptors (Lipinski definition) is 3. The lowest BCUT2D eigenvalue weighted by Gasteiger charge is -2.21. The van der Waals surface area contributed by atoms with Crippen molar-refractivity contribution in [2.75, 3.05) is 0 Å². The summed E-state index contributed by atoms with van der Waals surface area (Å²) in [4.78, 5) is 22.7. The maximum Gasteiger partial charge on any atom is 0.308 e. The summed E-state index contributed by atoms with van der Waals surface area (Å²) >= 11 is 3.31. The quantitative estimate of drug-likeness (QED) is 0.831. The summed E-state index contributed by atoms with van der Waals surface area (Å²) in [7, 11) is 0. The summed E-state index contributed by atoms with van der Waals surface area (Å²) in [6, 6.07) is 6.66. The second-order valence-corrected chi connectivity index (χ2v) is 5.55. The molecule has 1 aromatic rings. The molecule has 20 heavy (non-hydrogen) atoms. The van der Waals surface area contributed by atoms with Crippen LogP contribution in [0, 0.1) is 5.92 Å². The largest absolute Gasteiger partial charge is 0.481 e. The number of carbonyl (C=O) groups excluding carboxylic acids is 1. The molecule has 5 nitrogen and oxygen atoms in total. The van der Waals surface area contributed by atoms with Gasteiger partial charge in [0.2, 0.25) is 0 Å². The fourth-order valence-corrected chi connectivity index (χ4v) is 1.72. The van der Waals surface area contributed by atoms with Crippen LogP contribution in [0.15, 0.2) is 28.7 Å². The van der Waals surface area contributed by atoms with Crippen LogP contribution in [-0.4, -0.2) is 29.1 Å². The highest BCUT2D eigenvalue weighted by Crippen LogP contribution is 2.17. The molecule has 1 rings (SSSR count). The number of amides is 1. The van der Waals surface area contributed by atoms with E-state index < -0.39 is 24.0 Å². The molecule has 1 amide bonds. The summed E-state index contributed by atoms with van der Waals surface area (Å²) in [5, 5.41) is 11.5. The van der Waals surface area contributed by atoms with Gasteiger partial charge < -0.3 is 15.2 Å². The minimum atomic E-state index is -0.945. The lowest BCUT2D eigenvalue weighted by atomic mass is 10.0. The van der Waals surface area contributed by atoms with Gasteiger partial charge in [0, 0.05) is 10.5 Å². The van der Waals surface area contributed by atoms with Crippen LogP contribution in [0.2, 0.25) is 0 Å². The molecular weight excluding hydrogens is 326 g/mol. The topological polar surface area (TPSA) is 75.6 Å². The molecule has 3 unspecified atom stereocenters. The molecule has 110 valence electrons. The van der Waals surface area contributed by atoms with E-state index in [9.17, 15) is 9.59 Å². The van der Waals surface area contributed by atoms with Gasteiger partial charge in [0.05, 0.1) is 5.92 Å². The van der Waals surface area contributed by atoms with E-state index in [-0.39, 0.29) is 5.91 Å². The predicted octanol–water partition coefficient (Wildman–Crippen LogP) is 2.44. The zero-order valence-corrected chi connectivity index (χ0v) is 13.2. The Balaban J connectivity index is 2.54. The second-order valence-electron chi connectivity index (χ2n) is 4.64. The third-order valence-electron chi connectivity index (χ3n) is 3.01. The Kier molecular flexibility index (Phi) is 6.01. The molecule has 0 bridgehead atoms. The Morgan fingerprint density at radius 3 is 2.25 bits per heavy atom. The van der Waals surface area contributed by atoms with E-state index in [1.807, 2.05) is 12.1 Å². The molecule has 6 heteroatoms. The van der Waals surface area contributed by atoms with Gasteiger partial charge in [0.15, 0.2) is 6.10 Å². The van der Waals surface area contributed by atoms with Crippen LogP contribution in [-0.2, 0) is 9.59 Å². The Bertz CT molecular complexity index is 475. The van der Waals surface area contributed by atoms with Gasteiger partial charge in [-0.3, -0.25) is 9.59 Å². The molecule has 0 saturated carbocycles. The standard InChI is InChI=1S/C14H18BrNO4/c1-8(14(18)19)9(2)16-13(17)10(3)20-12-6-4-11(15)5-7-12/h4-10H,1-3H3,(H,16,17)(H,18,19). The van der Waals surface area contributed by atoms with Crippen molar-refractivity contribution in [3.63, 3.8) is 0 Å². The first-order valence-corrected chi connectivity index (χ1v) is 7.06. The molecule has 2 N–H and O–H groups in total. The normalized spacial score (nSPS) is 15.0. The number of rotatable bonds is 6. The van der Waals surface area contributed by atoms with Crippen LogP contribution in [0.25, 0.3) is 0 Å². The van der Waals surface area contributed by atoms with Crippen LogP contribution < -0.4 is 10.1 Å². The van der Waals surface area contributed by atoms with Gasteiger partial charge in [-0.1, -0.05) is 15.9 Å². The van der Waals surface area contributed by atoms with Crippen molar-refractivity contribution in [3.8, 4) is 5.75 Å². The third kappa shape index (κ3) is 4.85. The van der Waals surface area contributed by atoms with E-state index in [1.165, 1.54) is 0 Å². The van der Waals surface area contributed by atoms with Crippen LogP contribution in [0.1, 0.15) is 20.8 Å². The van der Waals surface area contributed by atoms with Crippen molar-refractivity contribution in [3.05, 3.63) is 28.7 Å². The molecule has 0 aliphatic carbocycles. The highest BCUT2D eigenvalue weighted by atomic mass is 79.9. The number of carboxylic acids is 1. The van der Waals surface area contributed by atoms with Gasteiger partial charge in [0.25, 0.3) is 5.91 Å². The molecule has 0 saturated heterocycles. The van der Waals surface area contributed by atoms with E-state index in [2.05, 4.69) is 21.2 Å². The Morgan fingerprint density at radius 1 is 1.20 bits per heavy atom. The van der Waals surface area contributed by atoms with Gasteiger partial charge in [0.1, 0.15) is 5.75 Å². The number of aliphatic carboxylic acids is 1. The average Bonchev–Trinajstić information content (AvgIpc) is 2.40. The number of carbonyl (C=O) groups is 2. The minimum absolute atomic E-state index is 0.339. The summed E-state index contributed by atoms with van der Waals surface area (Å²) < 4.78 is 6.41. The van der Waals surface area contributed by atoms with E-state index in [4.69, 9.17) is 9.84 Å². The summed E-state index contributed by atoms with van der Waals surface area (Å²) in [5.74, 6) is -1.36. The maximum atomic E-state index is 11.9. The number of benzene rings is 1. The molecule has 0 fully saturated rings. The lowest BCUT2D eigenvalue weighted by molar-refractivity contribution is -0.142. The van der Waals surface area contributed by atoms with Crippen LogP contribution in [0.4, 0.5) is 0 Å². The first-order valence-electron chi connectivity index (χ1n) is 6.26. The molecule has 0 heterocycles. The van der Waals surface area contributed by atoms with Crippen molar-refractivity contribution >= 4 is 27.8 Å². The number of nitrogens with one attached hydrogen (secondary N) is 1. The maximum absolute atomic E-state index is 11.9. The highest BCUT2D eigenvalue weighted by Gasteiger charge is 2.23. The zero-order chi connectivity index (χ0) is 15.3. The average molecular weight is 344 g/mol. The van der Waals surface area contributed by atoms with Gasteiger partial charge in [-0.25, -0.2) is 0 Å². The number of ether oxygens (including phenoxy) is 1. The summed E-state index contributed by atoms with van der Waals surface area (Å²) in [6.07, 6.45) is -0.695. The zero-order valence-electron chi connectivity index (χ0n) is 11.6.